The highest BCUT2D eigenvalue weighted by molar-refractivity contribution is 5.17. The van der Waals surface area contributed by atoms with Crippen molar-refractivity contribution in [3.63, 3.8) is 0 Å². The van der Waals surface area contributed by atoms with Crippen molar-refractivity contribution in [2.24, 2.45) is 0 Å². The minimum absolute atomic E-state index is 0.344. The van der Waals surface area contributed by atoms with Gasteiger partial charge in [0, 0.05) is 19.6 Å². The van der Waals surface area contributed by atoms with Gasteiger partial charge in [-0.15, -0.1) is 0 Å². The minimum atomic E-state index is 0.344. The quantitative estimate of drug-likeness (QED) is 0.525. The zero-order chi connectivity index (χ0) is 15.0. The Kier molecular flexibility index (Phi) is 5.59. The number of epoxide rings is 1. The Bertz CT molecular complexity index is 498. The summed E-state index contributed by atoms with van der Waals surface area (Å²) in [4.78, 5) is 2.43. The second-order valence-corrected chi connectivity index (χ2v) is 5.71. The van der Waals surface area contributed by atoms with Crippen LogP contribution in [0.15, 0.2) is 60.7 Å². The molecule has 0 spiro atoms. The lowest BCUT2D eigenvalue weighted by Crippen LogP contribution is -2.27. The number of hydrogen-bond acceptors (Lipinski definition) is 3. The van der Waals surface area contributed by atoms with Gasteiger partial charge < -0.3 is 9.47 Å². The third-order valence-electron chi connectivity index (χ3n) is 3.76. The fraction of sp³-hybridized carbons (Fsp3) is 0.368. The van der Waals surface area contributed by atoms with Gasteiger partial charge in [0.05, 0.1) is 19.8 Å². The normalized spacial score (nSPS) is 16.9. The first-order valence-electron chi connectivity index (χ1n) is 7.90. The second kappa shape index (κ2) is 8.08. The second-order valence-electron chi connectivity index (χ2n) is 5.71. The molecule has 2 aromatic rings. The topological polar surface area (TPSA) is 25.0 Å². The number of hydrogen-bond donors (Lipinski definition) is 0. The Morgan fingerprint density at radius 1 is 0.909 bits per heavy atom. The van der Waals surface area contributed by atoms with Crippen molar-refractivity contribution in [1.82, 2.24) is 4.90 Å². The summed E-state index contributed by atoms with van der Waals surface area (Å²) in [5.74, 6) is 0. The van der Waals surface area contributed by atoms with Crippen molar-refractivity contribution in [3.8, 4) is 0 Å². The molecule has 1 unspecified atom stereocenters. The maximum absolute atomic E-state index is 5.70. The van der Waals surface area contributed by atoms with Gasteiger partial charge >= 0.3 is 0 Å². The van der Waals surface area contributed by atoms with Crippen molar-refractivity contribution >= 4 is 0 Å². The number of rotatable bonds is 9. The van der Waals surface area contributed by atoms with E-state index in [4.69, 9.17) is 9.47 Å². The average Bonchev–Trinajstić information content (AvgIpc) is 3.38. The van der Waals surface area contributed by atoms with Crippen LogP contribution in [0.5, 0.6) is 0 Å². The highest BCUT2D eigenvalue weighted by Crippen LogP contribution is 2.11. The Balaban J connectivity index is 1.54. The summed E-state index contributed by atoms with van der Waals surface area (Å²) in [5.41, 5.74) is 2.67. The van der Waals surface area contributed by atoms with Crippen LogP contribution in [-0.4, -0.2) is 37.4 Å². The zero-order valence-corrected chi connectivity index (χ0v) is 12.9. The molecule has 0 N–H and O–H groups in total. The van der Waals surface area contributed by atoms with E-state index in [0.717, 1.165) is 39.5 Å². The average molecular weight is 297 g/mol. The van der Waals surface area contributed by atoms with Gasteiger partial charge in [-0.3, -0.25) is 4.90 Å². The maximum Gasteiger partial charge on any atom is 0.104 e. The van der Waals surface area contributed by atoms with Crippen molar-refractivity contribution in [2.75, 3.05) is 26.4 Å². The Hall–Kier alpha value is -1.68. The van der Waals surface area contributed by atoms with Gasteiger partial charge in [0.1, 0.15) is 6.10 Å². The van der Waals surface area contributed by atoms with E-state index >= 15 is 0 Å². The molecule has 0 amide bonds. The van der Waals surface area contributed by atoms with Crippen molar-refractivity contribution in [1.29, 1.82) is 0 Å². The molecule has 3 heteroatoms. The summed E-state index contributed by atoms with van der Waals surface area (Å²) >= 11 is 0. The molecule has 3 rings (SSSR count). The first kappa shape index (κ1) is 15.2. The summed E-state index contributed by atoms with van der Waals surface area (Å²) in [6, 6.07) is 21.2. The van der Waals surface area contributed by atoms with Gasteiger partial charge in [-0.25, -0.2) is 0 Å². The van der Waals surface area contributed by atoms with Crippen molar-refractivity contribution < 1.29 is 9.47 Å². The van der Waals surface area contributed by atoms with Crippen LogP contribution in [0, 0.1) is 0 Å². The van der Waals surface area contributed by atoms with Gasteiger partial charge in [0.25, 0.3) is 0 Å². The van der Waals surface area contributed by atoms with Crippen LogP contribution in [0.4, 0.5) is 0 Å². The van der Waals surface area contributed by atoms with Crippen LogP contribution in [0.3, 0.4) is 0 Å². The fourth-order valence-corrected chi connectivity index (χ4v) is 2.47. The number of benzene rings is 2. The number of ether oxygens (including phenoxy) is 2. The fourth-order valence-electron chi connectivity index (χ4n) is 2.47. The summed E-state index contributed by atoms with van der Waals surface area (Å²) < 4.78 is 10.9. The largest absolute Gasteiger partial charge is 0.377 e. The molecule has 22 heavy (non-hydrogen) atoms. The molecule has 3 nitrogen and oxygen atoms in total. The Labute approximate surface area is 132 Å². The van der Waals surface area contributed by atoms with E-state index in [2.05, 4.69) is 65.6 Å². The van der Waals surface area contributed by atoms with E-state index in [-0.39, 0.29) is 0 Å². The molecular formula is C19H23NO2. The van der Waals surface area contributed by atoms with E-state index in [0.29, 0.717) is 6.10 Å². The molecule has 0 saturated carbocycles. The lowest BCUT2D eigenvalue weighted by atomic mass is 10.1. The predicted molar refractivity (Wildman–Crippen MR) is 87.6 cm³/mol. The monoisotopic (exact) mass is 297 g/mol. The zero-order valence-electron chi connectivity index (χ0n) is 12.9. The lowest BCUT2D eigenvalue weighted by Gasteiger charge is -2.22. The molecule has 1 atom stereocenters. The van der Waals surface area contributed by atoms with E-state index in [1.165, 1.54) is 11.1 Å². The van der Waals surface area contributed by atoms with E-state index < -0.39 is 0 Å². The molecule has 0 aliphatic carbocycles. The summed E-state index contributed by atoms with van der Waals surface area (Å²) in [6.45, 7) is 5.15. The molecular weight excluding hydrogens is 274 g/mol. The van der Waals surface area contributed by atoms with Crippen LogP contribution >= 0.6 is 0 Å². The molecule has 1 heterocycles. The summed E-state index contributed by atoms with van der Waals surface area (Å²) in [6.07, 6.45) is 0.344. The first-order chi connectivity index (χ1) is 10.9. The highest BCUT2D eigenvalue weighted by Gasteiger charge is 2.22. The van der Waals surface area contributed by atoms with Crippen LogP contribution in [-0.2, 0) is 22.6 Å². The molecule has 1 fully saturated rings. The van der Waals surface area contributed by atoms with Gasteiger partial charge in [-0.05, 0) is 11.1 Å². The Morgan fingerprint density at radius 2 is 1.45 bits per heavy atom. The van der Waals surface area contributed by atoms with Crippen LogP contribution in [0.25, 0.3) is 0 Å². The van der Waals surface area contributed by atoms with Gasteiger partial charge in [-0.2, -0.15) is 0 Å². The van der Waals surface area contributed by atoms with Crippen molar-refractivity contribution in [3.05, 3.63) is 71.8 Å². The van der Waals surface area contributed by atoms with Gasteiger partial charge in [0.15, 0.2) is 0 Å². The Morgan fingerprint density at radius 3 is 1.95 bits per heavy atom. The first-order valence-corrected chi connectivity index (χ1v) is 7.90. The molecule has 1 saturated heterocycles. The summed E-state index contributed by atoms with van der Waals surface area (Å²) in [5, 5.41) is 0. The van der Waals surface area contributed by atoms with E-state index in [9.17, 15) is 0 Å². The third kappa shape index (κ3) is 5.26. The molecule has 0 aromatic heterocycles. The van der Waals surface area contributed by atoms with Crippen LogP contribution in [0.2, 0.25) is 0 Å². The molecule has 1 aliphatic heterocycles. The van der Waals surface area contributed by atoms with Gasteiger partial charge in [0.2, 0.25) is 0 Å². The van der Waals surface area contributed by atoms with Gasteiger partial charge in [-0.1, -0.05) is 60.7 Å². The maximum atomic E-state index is 5.70. The minimum Gasteiger partial charge on any atom is -0.377 e. The highest BCUT2D eigenvalue weighted by atomic mass is 16.6. The van der Waals surface area contributed by atoms with E-state index in [1.54, 1.807) is 0 Å². The number of nitrogens with zero attached hydrogens (tertiary/aromatic N) is 1. The molecule has 0 radical (unpaired) electrons. The smallest absolute Gasteiger partial charge is 0.104 e. The van der Waals surface area contributed by atoms with Crippen LogP contribution < -0.4 is 0 Å². The molecule has 1 aliphatic rings. The molecule has 0 bridgehead atoms. The van der Waals surface area contributed by atoms with Crippen LogP contribution in [0.1, 0.15) is 11.1 Å². The molecule has 116 valence electrons. The SMILES string of the molecule is c1ccc(CN(CCOCC2CO2)Cc2ccccc2)cc1. The molecule has 2 aromatic carbocycles. The third-order valence-corrected chi connectivity index (χ3v) is 3.76. The van der Waals surface area contributed by atoms with Crippen molar-refractivity contribution in [2.45, 2.75) is 19.2 Å². The standard InChI is InChI=1S/C19H23NO2/c1-3-7-17(8-4-1)13-20(11-12-21-15-19-16-22-19)14-18-9-5-2-6-10-18/h1-10,19H,11-16H2. The lowest BCUT2D eigenvalue weighted by molar-refractivity contribution is 0.0869. The predicted octanol–water partition coefficient (Wildman–Crippen LogP) is 3.10. The summed E-state index contributed by atoms with van der Waals surface area (Å²) in [7, 11) is 0. The van der Waals surface area contributed by atoms with E-state index in [1.807, 2.05) is 0 Å².